The van der Waals surface area contributed by atoms with Crippen LogP contribution in [0.15, 0.2) is 24.4 Å². The molecule has 0 saturated heterocycles. The predicted octanol–water partition coefficient (Wildman–Crippen LogP) is 2.79. The fourth-order valence-corrected chi connectivity index (χ4v) is 2.65. The summed E-state index contributed by atoms with van der Waals surface area (Å²) in [7, 11) is 3.52. The molecule has 3 N–H and O–H groups in total. The van der Waals surface area contributed by atoms with Crippen molar-refractivity contribution < 1.29 is 8.78 Å². The molecule has 6 heteroatoms. The average Bonchev–Trinajstić information content (AvgIpc) is 2.59. The molecular weight excluding hydrogens is 319 g/mol. The van der Waals surface area contributed by atoms with E-state index in [1.807, 2.05) is 7.05 Å². The van der Waals surface area contributed by atoms with Gasteiger partial charge in [-0.15, -0.1) is 0 Å². The quantitative estimate of drug-likeness (QED) is 0.450. The van der Waals surface area contributed by atoms with Crippen LogP contribution < -0.4 is 16.5 Å². The van der Waals surface area contributed by atoms with Gasteiger partial charge in [-0.2, -0.15) is 0 Å². The number of hydrogen-bond donors (Lipinski definition) is 2. The Bertz CT molecular complexity index is 552. The summed E-state index contributed by atoms with van der Waals surface area (Å²) in [6, 6.07) is 2.82. The Kier molecular flexibility index (Phi) is 9.75. The molecule has 1 unspecified atom stereocenters. The van der Waals surface area contributed by atoms with E-state index in [1.165, 1.54) is 18.9 Å². The molecular formula is C19H31BF2N3. The van der Waals surface area contributed by atoms with Gasteiger partial charge < -0.3 is 16.0 Å². The number of nitrogens with zero attached hydrogens (tertiary/aromatic N) is 1. The molecule has 1 radical (unpaired) electrons. The van der Waals surface area contributed by atoms with Crippen LogP contribution in [-0.4, -0.2) is 38.4 Å². The van der Waals surface area contributed by atoms with Gasteiger partial charge in [-0.05, 0) is 37.0 Å². The average molecular weight is 350 g/mol. The lowest BCUT2D eigenvalue weighted by molar-refractivity contribution is 0.313. The summed E-state index contributed by atoms with van der Waals surface area (Å²) < 4.78 is 27.2. The molecule has 0 bridgehead atoms. The maximum Gasteiger partial charge on any atom is 0.158 e. The van der Waals surface area contributed by atoms with Crippen LogP contribution in [0.4, 0.5) is 8.78 Å². The van der Waals surface area contributed by atoms with Gasteiger partial charge in [-0.1, -0.05) is 39.2 Å². The number of halogens is 2. The molecule has 0 spiro atoms. The number of nitrogens with two attached hydrogens (primary N) is 1. The first-order valence-electron chi connectivity index (χ1n) is 9.03. The third kappa shape index (κ3) is 7.57. The van der Waals surface area contributed by atoms with E-state index in [1.54, 1.807) is 20.2 Å². The van der Waals surface area contributed by atoms with E-state index in [0.29, 0.717) is 12.0 Å². The summed E-state index contributed by atoms with van der Waals surface area (Å²) >= 11 is 0. The highest BCUT2D eigenvalue weighted by Crippen LogP contribution is 2.10. The number of unbranched alkanes of at least 4 members (excludes halogenated alkanes) is 2. The smallest absolute Gasteiger partial charge is 0.158 e. The SMILES string of the molecule is C=C(NCCCCC)C(N)CCN(C)Cc1cc(F)c(F)c([B]C)c1. The first-order chi connectivity index (χ1) is 11.9. The minimum absolute atomic E-state index is 0.117. The van der Waals surface area contributed by atoms with Crippen LogP contribution in [0, 0.1) is 11.6 Å². The topological polar surface area (TPSA) is 41.3 Å². The second kappa shape index (κ2) is 11.3. The Labute approximate surface area is 151 Å². The van der Waals surface area contributed by atoms with Crippen molar-refractivity contribution >= 4 is 12.7 Å². The highest BCUT2D eigenvalue weighted by Gasteiger charge is 2.12. The van der Waals surface area contributed by atoms with Crippen LogP contribution in [0.2, 0.25) is 6.82 Å². The summed E-state index contributed by atoms with van der Waals surface area (Å²) in [5, 5.41) is 3.29. The molecule has 0 fully saturated rings. The standard InChI is InChI=1S/C19H31BF2N3/c1-5-6-7-9-24-14(2)18(23)8-10-25(4)13-15-11-16(20-3)19(22)17(21)12-15/h11-12,18,24H,2,5-10,13,23H2,1,3-4H3. The van der Waals surface area contributed by atoms with Crippen LogP contribution in [0.5, 0.6) is 0 Å². The fourth-order valence-electron chi connectivity index (χ4n) is 2.65. The van der Waals surface area contributed by atoms with E-state index in [9.17, 15) is 8.78 Å². The lowest BCUT2D eigenvalue weighted by Crippen LogP contribution is -2.34. The lowest BCUT2D eigenvalue weighted by Gasteiger charge is -2.22. The maximum absolute atomic E-state index is 13.6. The predicted molar refractivity (Wildman–Crippen MR) is 103 cm³/mol. The van der Waals surface area contributed by atoms with Crippen LogP contribution in [-0.2, 0) is 6.54 Å². The van der Waals surface area contributed by atoms with Crippen molar-refractivity contribution in [3.05, 3.63) is 41.6 Å². The van der Waals surface area contributed by atoms with Gasteiger partial charge in [0.15, 0.2) is 18.9 Å². The normalized spacial score (nSPS) is 12.3. The second-order valence-corrected chi connectivity index (χ2v) is 6.56. The zero-order valence-corrected chi connectivity index (χ0v) is 15.7. The first-order valence-corrected chi connectivity index (χ1v) is 9.03. The van der Waals surface area contributed by atoms with Gasteiger partial charge in [0.2, 0.25) is 0 Å². The van der Waals surface area contributed by atoms with E-state index in [-0.39, 0.29) is 6.04 Å². The number of rotatable bonds is 12. The van der Waals surface area contributed by atoms with Crippen molar-refractivity contribution in [3.8, 4) is 0 Å². The van der Waals surface area contributed by atoms with Crippen molar-refractivity contribution in [1.29, 1.82) is 0 Å². The van der Waals surface area contributed by atoms with Crippen LogP contribution in [0.3, 0.4) is 0 Å². The number of benzene rings is 1. The van der Waals surface area contributed by atoms with Gasteiger partial charge >= 0.3 is 0 Å². The van der Waals surface area contributed by atoms with Gasteiger partial charge in [-0.25, -0.2) is 8.78 Å². The summed E-state index contributed by atoms with van der Waals surface area (Å²) in [4.78, 5) is 2.05. The third-order valence-electron chi connectivity index (χ3n) is 4.28. The number of hydrogen-bond acceptors (Lipinski definition) is 3. The molecule has 1 aromatic carbocycles. The minimum Gasteiger partial charge on any atom is -0.388 e. The van der Waals surface area contributed by atoms with E-state index in [0.717, 1.165) is 37.2 Å². The van der Waals surface area contributed by atoms with E-state index in [2.05, 4.69) is 23.7 Å². The highest BCUT2D eigenvalue weighted by atomic mass is 19.2. The zero-order valence-electron chi connectivity index (χ0n) is 15.7. The van der Waals surface area contributed by atoms with Crippen molar-refractivity contribution in [1.82, 2.24) is 10.2 Å². The molecule has 1 aromatic rings. The summed E-state index contributed by atoms with van der Waals surface area (Å²) in [5.74, 6) is -1.60. The summed E-state index contributed by atoms with van der Waals surface area (Å²) in [6.07, 6.45) is 4.26. The molecule has 0 aliphatic rings. The Morgan fingerprint density at radius 3 is 2.72 bits per heavy atom. The molecule has 25 heavy (non-hydrogen) atoms. The van der Waals surface area contributed by atoms with E-state index in [4.69, 9.17) is 5.73 Å². The largest absolute Gasteiger partial charge is 0.388 e. The Morgan fingerprint density at radius 2 is 2.08 bits per heavy atom. The van der Waals surface area contributed by atoms with Crippen molar-refractivity contribution in [3.63, 3.8) is 0 Å². The molecule has 1 rings (SSSR count). The van der Waals surface area contributed by atoms with Gasteiger partial charge in [0.05, 0.1) is 0 Å². The monoisotopic (exact) mass is 350 g/mol. The lowest BCUT2D eigenvalue weighted by atomic mass is 9.72. The summed E-state index contributed by atoms with van der Waals surface area (Å²) in [6.45, 7) is 10.1. The third-order valence-corrected chi connectivity index (χ3v) is 4.28. The van der Waals surface area contributed by atoms with Crippen molar-refractivity contribution in [2.75, 3.05) is 20.1 Å². The number of nitrogens with one attached hydrogen (secondary N) is 1. The fraction of sp³-hybridized carbons (Fsp3) is 0.579. The van der Waals surface area contributed by atoms with Gasteiger partial charge in [-0.3, -0.25) is 0 Å². The maximum atomic E-state index is 13.6. The molecule has 0 amide bonds. The molecule has 0 aliphatic carbocycles. The van der Waals surface area contributed by atoms with Gasteiger partial charge in [0.1, 0.15) is 0 Å². The van der Waals surface area contributed by atoms with Crippen LogP contribution in [0.1, 0.15) is 38.2 Å². The van der Waals surface area contributed by atoms with Gasteiger partial charge in [0, 0.05) is 31.4 Å². The highest BCUT2D eigenvalue weighted by molar-refractivity contribution is 6.52. The zero-order chi connectivity index (χ0) is 18.8. The molecule has 0 aromatic heterocycles. The Hall–Kier alpha value is -1.40. The molecule has 3 nitrogen and oxygen atoms in total. The van der Waals surface area contributed by atoms with Crippen LogP contribution >= 0.6 is 0 Å². The van der Waals surface area contributed by atoms with Gasteiger partial charge in [0.25, 0.3) is 0 Å². The molecule has 1 atom stereocenters. The first kappa shape index (κ1) is 21.6. The van der Waals surface area contributed by atoms with Crippen molar-refractivity contribution in [2.24, 2.45) is 5.73 Å². The second-order valence-electron chi connectivity index (χ2n) is 6.56. The minimum atomic E-state index is -0.805. The molecule has 0 heterocycles. The van der Waals surface area contributed by atoms with E-state index >= 15 is 0 Å². The Morgan fingerprint density at radius 1 is 1.36 bits per heavy atom. The van der Waals surface area contributed by atoms with Crippen molar-refractivity contribution in [2.45, 2.75) is 52.0 Å². The van der Waals surface area contributed by atoms with Crippen LogP contribution in [0.25, 0.3) is 0 Å². The van der Waals surface area contributed by atoms with E-state index < -0.39 is 11.6 Å². The Balaban J connectivity index is 2.43. The molecule has 0 saturated carbocycles. The molecule has 139 valence electrons. The summed E-state index contributed by atoms with van der Waals surface area (Å²) in [5.41, 5.74) is 8.07. The molecule has 0 aliphatic heterocycles.